The molecule has 0 unspecified atom stereocenters. The van der Waals surface area contributed by atoms with Crippen molar-refractivity contribution in [1.29, 1.82) is 0 Å². The summed E-state index contributed by atoms with van der Waals surface area (Å²) in [5.41, 5.74) is 0.757. The minimum Gasteiger partial charge on any atom is -0.497 e. The lowest BCUT2D eigenvalue weighted by Gasteiger charge is -2.09. The second kappa shape index (κ2) is 5.93. The molecule has 0 aliphatic rings. The monoisotopic (exact) mass is 340 g/mol. The molecule has 0 aliphatic heterocycles. The van der Waals surface area contributed by atoms with Crippen LogP contribution < -0.4 is 15.1 Å². The van der Waals surface area contributed by atoms with Crippen molar-refractivity contribution in [2.24, 2.45) is 0 Å². The van der Waals surface area contributed by atoms with Crippen molar-refractivity contribution in [2.45, 2.75) is 6.61 Å². The number of methoxy groups -OCH3 is 1. The highest BCUT2D eigenvalue weighted by molar-refractivity contribution is 7.16. The van der Waals surface area contributed by atoms with Crippen LogP contribution in [0.3, 0.4) is 0 Å². The van der Waals surface area contributed by atoms with Gasteiger partial charge in [-0.05, 0) is 23.6 Å². The van der Waals surface area contributed by atoms with Crippen molar-refractivity contribution in [2.75, 3.05) is 7.11 Å². The van der Waals surface area contributed by atoms with Crippen LogP contribution in [-0.4, -0.2) is 17.1 Å². The Morgan fingerprint density at radius 2 is 2.08 bits per heavy atom. The number of fused-ring (bicyclic) bond motifs is 2. The first-order chi connectivity index (χ1) is 11.7. The predicted octanol–water partition coefficient (Wildman–Crippen LogP) is 3.39. The van der Waals surface area contributed by atoms with Gasteiger partial charge in [0.2, 0.25) is 5.88 Å². The molecule has 0 amide bonds. The van der Waals surface area contributed by atoms with Gasteiger partial charge in [0.1, 0.15) is 29.1 Å². The second-order valence-electron chi connectivity index (χ2n) is 5.06. The van der Waals surface area contributed by atoms with Gasteiger partial charge in [0, 0.05) is 23.1 Å². The van der Waals surface area contributed by atoms with E-state index in [2.05, 4.69) is 9.97 Å². The fraction of sp³-hybridized carbons (Fsp3) is 0.118. The van der Waals surface area contributed by atoms with Crippen molar-refractivity contribution in [1.82, 2.24) is 9.97 Å². The second-order valence-corrected chi connectivity index (χ2v) is 5.95. The highest BCUT2D eigenvalue weighted by Gasteiger charge is 2.10. The Hall–Kier alpha value is -2.93. The third-order valence-electron chi connectivity index (χ3n) is 3.63. The molecule has 24 heavy (non-hydrogen) atoms. The summed E-state index contributed by atoms with van der Waals surface area (Å²) in [6.45, 7) is 0.205. The third-order valence-corrected chi connectivity index (χ3v) is 4.45. The molecule has 0 saturated heterocycles. The zero-order valence-electron chi connectivity index (χ0n) is 12.7. The average molecular weight is 340 g/mol. The maximum atomic E-state index is 11.8. The van der Waals surface area contributed by atoms with Crippen LogP contribution in [0.25, 0.3) is 21.2 Å². The number of aromatic nitrogens is 2. The summed E-state index contributed by atoms with van der Waals surface area (Å²) in [6, 6.07) is 8.68. The summed E-state index contributed by atoms with van der Waals surface area (Å²) in [5, 5.41) is 3.59. The van der Waals surface area contributed by atoms with Crippen molar-refractivity contribution >= 4 is 32.5 Å². The van der Waals surface area contributed by atoms with Gasteiger partial charge in [0.05, 0.1) is 12.5 Å². The first kappa shape index (κ1) is 14.6. The summed E-state index contributed by atoms with van der Waals surface area (Å²) in [7, 11) is 1.56. The Labute approximate surface area is 140 Å². The van der Waals surface area contributed by atoms with Crippen LogP contribution in [0.1, 0.15) is 5.56 Å². The van der Waals surface area contributed by atoms with Gasteiger partial charge in [-0.2, -0.15) is 0 Å². The molecule has 0 radical (unpaired) electrons. The molecule has 0 spiro atoms. The van der Waals surface area contributed by atoms with E-state index in [1.807, 2.05) is 23.6 Å². The third kappa shape index (κ3) is 2.59. The van der Waals surface area contributed by atoms with Gasteiger partial charge in [-0.25, -0.2) is 14.8 Å². The van der Waals surface area contributed by atoms with Crippen LogP contribution in [0, 0.1) is 0 Å². The topological polar surface area (TPSA) is 74.5 Å². The van der Waals surface area contributed by atoms with Crippen LogP contribution >= 0.6 is 11.3 Å². The fourth-order valence-corrected chi connectivity index (χ4v) is 3.21. The number of benzene rings is 1. The van der Waals surface area contributed by atoms with Gasteiger partial charge >= 0.3 is 5.63 Å². The zero-order valence-corrected chi connectivity index (χ0v) is 13.5. The highest BCUT2D eigenvalue weighted by atomic mass is 32.1. The van der Waals surface area contributed by atoms with Gasteiger partial charge in [0.25, 0.3) is 0 Å². The highest BCUT2D eigenvalue weighted by Crippen LogP contribution is 2.27. The number of hydrogen-bond acceptors (Lipinski definition) is 7. The molecule has 6 nitrogen and oxygen atoms in total. The van der Waals surface area contributed by atoms with Crippen molar-refractivity contribution in [3.63, 3.8) is 0 Å². The SMILES string of the molecule is COc1ccc2c(COc3ncnc4sccc34)cc(=O)oc2c1. The number of nitrogens with zero attached hydrogens (tertiary/aromatic N) is 2. The van der Waals surface area contributed by atoms with Gasteiger partial charge in [0.15, 0.2) is 0 Å². The molecule has 0 saturated carbocycles. The molecular formula is C17H12N2O4S. The fourth-order valence-electron chi connectivity index (χ4n) is 2.49. The van der Waals surface area contributed by atoms with E-state index in [-0.39, 0.29) is 6.61 Å². The van der Waals surface area contributed by atoms with E-state index >= 15 is 0 Å². The van der Waals surface area contributed by atoms with Gasteiger partial charge in [-0.15, -0.1) is 11.3 Å². The summed E-state index contributed by atoms with van der Waals surface area (Å²) in [6.07, 6.45) is 1.47. The first-order valence-electron chi connectivity index (χ1n) is 7.16. The lowest BCUT2D eigenvalue weighted by atomic mass is 10.1. The molecule has 0 bridgehead atoms. The lowest BCUT2D eigenvalue weighted by molar-refractivity contribution is 0.298. The molecule has 0 aliphatic carbocycles. The maximum absolute atomic E-state index is 11.8. The van der Waals surface area contributed by atoms with Crippen LogP contribution in [0.5, 0.6) is 11.6 Å². The Balaban J connectivity index is 1.72. The maximum Gasteiger partial charge on any atom is 0.336 e. The van der Waals surface area contributed by atoms with E-state index in [1.54, 1.807) is 13.2 Å². The quantitative estimate of drug-likeness (QED) is 0.530. The molecule has 4 rings (SSSR count). The number of hydrogen-bond donors (Lipinski definition) is 0. The van der Waals surface area contributed by atoms with Crippen molar-refractivity contribution in [3.05, 3.63) is 58.0 Å². The molecule has 7 heteroatoms. The van der Waals surface area contributed by atoms with Gasteiger partial charge in [-0.1, -0.05) is 0 Å². The summed E-state index contributed by atoms with van der Waals surface area (Å²) >= 11 is 1.52. The van der Waals surface area contributed by atoms with E-state index in [0.717, 1.165) is 21.2 Å². The van der Waals surface area contributed by atoms with Crippen molar-refractivity contribution in [3.8, 4) is 11.6 Å². The molecule has 3 heterocycles. The predicted molar refractivity (Wildman–Crippen MR) is 90.8 cm³/mol. The minimum atomic E-state index is -0.433. The molecule has 3 aromatic heterocycles. The largest absolute Gasteiger partial charge is 0.497 e. The van der Waals surface area contributed by atoms with Gasteiger partial charge in [-0.3, -0.25) is 0 Å². The zero-order chi connectivity index (χ0) is 16.5. The minimum absolute atomic E-state index is 0.205. The Morgan fingerprint density at radius 3 is 2.96 bits per heavy atom. The van der Waals surface area contributed by atoms with Crippen LogP contribution in [0.15, 0.2) is 51.3 Å². The number of rotatable bonds is 4. The Morgan fingerprint density at radius 1 is 1.17 bits per heavy atom. The molecule has 4 aromatic rings. The van der Waals surface area contributed by atoms with E-state index < -0.39 is 5.63 Å². The standard InChI is InChI=1S/C17H12N2O4S/c1-21-11-2-3-12-10(6-15(20)23-14(12)7-11)8-22-16-13-4-5-24-17(13)19-9-18-16/h2-7,9H,8H2,1H3. The number of ether oxygens (including phenoxy) is 2. The Bertz CT molecular complexity index is 1090. The molecule has 0 fully saturated rings. The number of thiophene rings is 1. The van der Waals surface area contributed by atoms with Crippen LogP contribution in [-0.2, 0) is 6.61 Å². The van der Waals surface area contributed by atoms with Crippen molar-refractivity contribution < 1.29 is 13.9 Å². The van der Waals surface area contributed by atoms with E-state index in [9.17, 15) is 4.79 Å². The molecule has 0 N–H and O–H groups in total. The summed E-state index contributed by atoms with van der Waals surface area (Å²) in [4.78, 5) is 21.0. The lowest BCUT2D eigenvalue weighted by Crippen LogP contribution is -2.05. The van der Waals surface area contributed by atoms with Gasteiger partial charge < -0.3 is 13.9 Å². The van der Waals surface area contributed by atoms with Crippen LogP contribution in [0.4, 0.5) is 0 Å². The molecule has 120 valence electrons. The first-order valence-corrected chi connectivity index (χ1v) is 8.04. The smallest absolute Gasteiger partial charge is 0.336 e. The van der Waals surface area contributed by atoms with Crippen LogP contribution in [0.2, 0.25) is 0 Å². The van der Waals surface area contributed by atoms with E-state index in [4.69, 9.17) is 13.9 Å². The summed E-state index contributed by atoms with van der Waals surface area (Å²) < 4.78 is 16.2. The Kier molecular flexibility index (Phi) is 3.62. The molecule has 0 atom stereocenters. The average Bonchev–Trinajstić information content (AvgIpc) is 3.08. The normalized spacial score (nSPS) is 11.0. The van der Waals surface area contributed by atoms with E-state index in [1.165, 1.54) is 23.7 Å². The molecule has 1 aromatic carbocycles. The summed E-state index contributed by atoms with van der Waals surface area (Å²) in [5.74, 6) is 1.12. The molecular weight excluding hydrogens is 328 g/mol. The van der Waals surface area contributed by atoms with E-state index in [0.29, 0.717) is 17.2 Å².